The molecule has 1 N–H and O–H groups in total. The molecule has 0 saturated carbocycles. The summed E-state index contributed by atoms with van der Waals surface area (Å²) in [6.45, 7) is 0. The maximum absolute atomic E-state index is 5.71. The Balaban J connectivity index is 0. The summed E-state index contributed by atoms with van der Waals surface area (Å²) in [4.78, 5) is 3.50. The molecule has 0 aliphatic heterocycles. The predicted octanol–water partition coefficient (Wildman–Crippen LogP) is 0.598. The van der Waals surface area contributed by atoms with E-state index in [1.54, 1.807) is 0 Å². The Hall–Kier alpha value is 1.02. The Morgan fingerprint density at radius 3 is 1.75 bits per heavy atom. The summed E-state index contributed by atoms with van der Waals surface area (Å²) in [6.07, 6.45) is 0. The van der Waals surface area contributed by atoms with E-state index < -0.39 is 0 Å². The van der Waals surface area contributed by atoms with Gasteiger partial charge in [-0.05, 0) is 0 Å². The predicted molar refractivity (Wildman–Crippen MR) is 11.3 cm³/mol. The molecule has 23 valence electrons. The zero-order valence-corrected chi connectivity index (χ0v) is 5.32. The molecule has 4 heavy (non-hydrogen) atoms. The fraction of sp³-hybridized carbons (Fsp3) is 1.00. The van der Waals surface area contributed by atoms with Gasteiger partial charge in [-0.3, -0.25) is 0 Å². The van der Waals surface area contributed by atoms with Crippen LogP contribution in [0.25, 0.3) is 5.90 Å². The molecule has 0 bridgehead atoms. The van der Waals surface area contributed by atoms with Crippen molar-refractivity contribution in [3.05, 3.63) is 5.90 Å². The summed E-state index contributed by atoms with van der Waals surface area (Å²) in [5.74, 6) is 5.71. The minimum atomic E-state index is 0. The van der Waals surface area contributed by atoms with E-state index in [0.717, 1.165) is 0 Å². The molecule has 3 heteroatoms. The first kappa shape index (κ1) is 8.90. The summed E-state index contributed by atoms with van der Waals surface area (Å²) in [7, 11) is 1.29. The zero-order valence-electron chi connectivity index (χ0n) is 2.49. The third-order valence-electron chi connectivity index (χ3n) is 0. The van der Waals surface area contributed by atoms with Gasteiger partial charge in [0.1, 0.15) is 0 Å². The van der Waals surface area contributed by atoms with E-state index >= 15 is 0 Å². The molecule has 0 unspecified atom stereocenters. The Morgan fingerprint density at radius 1 is 1.75 bits per heavy atom. The van der Waals surface area contributed by atoms with Crippen LogP contribution in [0.5, 0.6) is 0 Å². The van der Waals surface area contributed by atoms with Crippen LogP contribution in [0.3, 0.4) is 0 Å². The Labute approximate surface area is 50.5 Å². The van der Waals surface area contributed by atoms with Crippen LogP contribution < -0.4 is 0 Å². The first-order valence-corrected chi connectivity index (χ1v) is 0.612. The average Bonchev–Trinajstić information content (AvgIpc) is 0.918. The van der Waals surface area contributed by atoms with E-state index in [-0.39, 0.29) is 32.7 Å². The van der Waals surface area contributed by atoms with Crippen LogP contribution in [-0.2, 0) is 37.5 Å². The van der Waals surface area contributed by atoms with Crippen LogP contribution in [0.15, 0.2) is 0 Å². The smallest absolute Gasteiger partial charge is 0.0129 e. The fourth-order valence-corrected chi connectivity index (χ4v) is 0. The Kier molecular flexibility index (Phi) is 20.0. The van der Waals surface area contributed by atoms with Crippen LogP contribution >= 0.6 is 0 Å². The van der Waals surface area contributed by atoms with Gasteiger partial charge in [-0.15, -0.1) is 0 Å². The van der Waals surface area contributed by atoms with Crippen molar-refractivity contribution in [3.63, 3.8) is 0 Å². The van der Waals surface area contributed by atoms with Gasteiger partial charge in [0.25, 0.3) is 0 Å². The second-order valence-corrected chi connectivity index (χ2v) is 0.204. The summed E-state index contributed by atoms with van der Waals surface area (Å²) in [6, 6.07) is 0. The van der Waals surface area contributed by atoms with Gasteiger partial charge in [-0.2, -0.15) is 0 Å². The topological polar surface area (TPSA) is 33.0 Å². The third-order valence-corrected chi connectivity index (χ3v) is 0. The van der Waals surface area contributed by atoms with Crippen LogP contribution in [0.4, 0.5) is 0 Å². The Morgan fingerprint density at radius 2 is 1.75 bits per heavy atom. The van der Waals surface area contributed by atoms with Crippen molar-refractivity contribution in [2.24, 2.45) is 0 Å². The minimum Gasteiger partial charge on any atom is -0.550 e. The minimum absolute atomic E-state index is 0. The quantitative estimate of drug-likeness (QED) is 0.447. The van der Waals surface area contributed by atoms with Crippen molar-refractivity contribution in [2.75, 3.05) is 7.11 Å². The molecule has 0 aliphatic rings. The normalized spacial score (nSPS) is 4.50. The largest absolute Gasteiger partial charge is 0.550 e. The van der Waals surface area contributed by atoms with Crippen molar-refractivity contribution in [1.29, 1.82) is 0 Å². The molecule has 0 saturated heterocycles. The fourth-order valence-electron chi connectivity index (χ4n) is 0. The summed E-state index contributed by atoms with van der Waals surface area (Å²) < 4.78 is 0. The van der Waals surface area contributed by atoms with Crippen molar-refractivity contribution in [3.8, 4) is 0 Å². The van der Waals surface area contributed by atoms with E-state index in [2.05, 4.69) is 4.84 Å². The van der Waals surface area contributed by atoms with Gasteiger partial charge in [0.2, 0.25) is 0 Å². The first-order valence-electron chi connectivity index (χ1n) is 0.612. The summed E-state index contributed by atoms with van der Waals surface area (Å²) >= 11 is 0. The molecule has 0 fully saturated rings. The number of rotatable bonds is 0. The van der Waals surface area contributed by atoms with Crippen LogP contribution in [-0.4, -0.2) is 7.11 Å². The number of hydrogen-bond donors (Lipinski definition) is 0. The van der Waals surface area contributed by atoms with Gasteiger partial charge in [0.15, 0.2) is 0 Å². The van der Waals surface area contributed by atoms with Crippen LogP contribution in [0.2, 0.25) is 0 Å². The van der Waals surface area contributed by atoms with Crippen molar-refractivity contribution in [2.45, 2.75) is 0 Å². The van der Waals surface area contributed by atoms with Crippen LogP contribution in [0, 0.1) is 0 Å². The van der Waals surface area contributed by atoms with E-state index in [1.165, 1.54) is 7.11 Å². The molecule has 0 aromatic rings. The molecule has 2 nitrogen and oxygen atoms in total. The maximum atomic E-state index is 5.71. The molecule has 0 aromatic heterocycles. The van der Waals surface area contributed by atoms with Crippen molar-refractivity contribution in [1.82, 2.24) is 0 Å². The second kappa shape index (κ2) is 8.98. The standard InChI is InChI=1S/CH4NO.Y/c1-3-2;/h2H,1H3;/q-1;. The van der Waals surface area contributed by atoms with Gasteiger partial charge in [-0.1, -0.05) is 0 Å². The average molecular weight is 135 g/mol. The van der Waals surface area contributed by atoms with Crippen molar-refractivity contribution >= 4 is 0 Å². The Bertz CT molecular complexity index is 8.00. The van der Waals surface area contributed by atoms with Gasteiger partial charge in [0, 0.05) is 39.8 Å². The molecule has 0 spiro atoms. The van der Waals surface area contributed by atoms with E-state index in [1.807, 2.05) is 0 Å². The molecule has 0 aliphatic carbocycles. The van der Waals surface area contributed by atoms with Gasteiger partial charge in [0.05, 0.1) is 0 Å². The maximum Gasteiger partial charge on any atom is 0.0129 e. The molecule has 0 amide bonds. The molecule has 0 aromatic carbocycles. The second-order valence-electron chi connectivity index (χ2n) is 0.204. The molecule has 0 atom stereocenters. The zero-order chi connectivity index (χ0) is 2.71. The molecule has 0 rings (SSSR count). The van der Waals surface area contributed by atoms with Gasteiger partial charge < -0.3 is 10.7 Å². The van der Waals surface area contributed by atoms with E-state index in [4.69, 9.17) is 5.90 Å². The van der Waals surface area contributed by atoms with Crippen LogP contribution in [0.1, 0.15) is 0 Å². The first-order chi connectivity index (χ1) is 1.41. The summed E-state index contributed by atoms with van der Waals surface area (Å²) in [5.41, 5.74) is 0. The monoisotopic (exact) mass is 135 g/mol. The molecule has 0 heterocycles. The van der Waals surface area contributed by atoms with E-state index in [0.29, 0.717) is 0 Å². The van der Waals surface area contributed by atoms with Crippen molar-refractivity contribution < 1.29 is 37.5 Å². The molecule has 1 radical (unpaired) electrons. The van der Waals surface area contributed by atoms with Gasteiger partial charge >= 0.3 is 0 Å². The molecular formula is CH4NOY-. The number of nitrogens with one attached hydrogen (secondary N) is 1. The van der Waals surface area contributed by atoms with E-state index in [9.17, 15) is 0 Å². The summed E-state index contributed by atoms with van der Waals surface area (Å²) in [5, 5.41) is 0. The SMILES string of the molecule is CO[NH-].[Y]. The number of hydrogen-bond acceptors (Lipinski definition) is 1. The van der Waals surface area contributed by atoms with Gasteiger partial charge in [-0.25, -0.2) is 0 Å². The third kappa shape index (κ3) is 11.8. The molecular weight excluding hydrogens is 131 g/mol.